The van der Waals surface area contributed by atoms with Crippen molar-refractivity contribution in [2.75, 3.05) is 5.32 Å². The number of hydrogen-bond acceptors (Lipinski definition) is 1. The van der Waals surface area contributed by atoms with Gasteiger partial charge in [-0.05, 0) is 42.5 Å². The lowest BCUT2D eigenvalue weighted by atomic mass is 10.1. The number of halogens is 1. The van der Waals surface area contributed by atoms with E-state index in [0.29, 0.717) is 6.04 Å². The van der Waals surface area contributed by atoms with Crippen LogP contribution in [0.5, 0.6) is 0 Å². The lowest BCUT2D eigenvalue weighted by Crippen LogP contribution is -2.20. The third-order valence-corrected chi connectivity index (χ3v) is 3.94. The predicted octanol–water partition coefficient (Wildman–Crippen LogP) is 4.23. The van der Waals surface area contributed by atoms with E-state index in [4.69, 9.17) is 11.6 Å². The molecule has 1 N–H and O–H groups in total. The zero-order valence-corrected chi connectivity index (χ0v) is 11.2. The Morgan fingerprint density at radius 3 is 2.28 bits per heavy atom. The second kappa shape index (κ2) is 4.66. The Bertz CT molecular complexity index is 532. The fourth-order valence-corrected chi connectivity index (χ4v) is 2.96. The normalized spacial score (nSPS) is 14.6. The van der Waals surface area contributed by atoms with Gasteiger partial charge >= 0.3 is 0 Å². The fraction of sp³-hybridized carbons (Fsp3) is 0.250. The Morgan fingerprint density at radius 1 is 1.00 bits per heavy atom. The van der Waals surface area contributed by atoms with Crippen molar-refractivity contribution >= 4 is 17.3 Å². The summed E-state index contributed by atoms with van der Waals surface area (Å²) >= 11 is 6.26. The number of hydrogen-bond donors (Lipinski definition) is 1. The molecule has 0 spiro atoms. The zero-order valence-electron chi connectivity index (χ0n) is 10.4. The third-order valence-electron chi connectivity index (χ3n) is 3.62. The smallest absolute Gasteiger partial charge is 0.0640 e. The van der Waals surface area contributed by atoms with Crippen molar-refractivity contribution in [2.45, 2.75) is 25.8 Å². The Morgan fingerprint density at radius 2 is 1.67 bits per heavy atom. The van der Waals surface area contributed by atoms with Gasteiger partial charge in [0.1, 0.15) is 0 Å². The van der Waals surface area contributed by atoms with Gasteiger partial charge in [0.25, 0.3) is 0 Å². The van der Waals surface area contributed by atoms with Crippen molar-refractivity contribution < 1.29 is 0 Å². The Kier molecular flexibility index (Phi) is 3.00. The van der Waals surface area contributed by atoms with E-state index in [-0.39, 0.29) is 0 Å². The summed E-state index contributed by atoms with van der Waals surface area (Å²) in [4.78, 5) is 0. The molecule has 3 rings (SSSR count). The number of benzene rings is 2. The van der Waals surface area contributed by atoms with Crippen LogP contribution < -0.4 is 5.32 Å². The summed E-state index contributed by atoms with van der Waals surface area (Å²) < 4.78 is 0. The first-order valence-corrected chi connectivity index (χ1v) is 6.70. The van der Waals surface area contributed by atoms with E-state index < -0.39 is 0 Å². The molecule has 1 aliphatic rings. The number of para-hydroxylation sites is 1. The molecule has 0 amide bonds. The monoisotopic (exact) mass is 257 g/mol. The van der Waals surface area contributed by atoms with Crippen LogP contribution in [0.2, 0.25) is 5.02 Å². The molecule has 2 aromatic rings. The lowest BCUT2D eigenvalue weighted by Gasteiger charge is -2.17. The second-order valence-corrected chi connectivity index (χ2v) is 5.36. The van der Waals surface area contributed by atoms with Gasteiger partial charge in [-0.1, -0.05) is 48.0 Å². The highest BCUT2D eigenvalue weighted by Gasteiger charge is 2.21. The Hall–Kier alpha value is -1.47. The summed E-state index contributed by atoms with van der Waals surface area (Å²) in [5, 5.41) is 4.40. The summed E-state index contributed by atoms with van der Waals surface area (Å²) in [6, 6.07) is 15.2. The highest BCUT2D eigenvalue weighted by molar-refractivity contribution is 6.33. The first kappa shape index (κ1) is 11.6. The third kappa shape index (κ3) is 2.11. The molecular formula is C16H16ClN. The van der Waals surface area contributed by atoms with E-state index >= 15 is 0 Å². The van der Waals surface area contributed by atoms with Crippen LogP contribution in [-0.2, 0) is 12.8 Å². The van der Waals surface area contributed by atoms with Crippen LogP contribution in [-0.4, -0.2) is 6.04 Å². The number of fused-ring (bicyclic) bond motifs is 1. The Balaban J connectivity index is 1.80. The first-order valence-electron chi connectivity index (χ1n) is 6.32. The highest BCUT2D eigenvalue weighted by atomic mass is 35.5. The van der Waals surface area contributed by atoms with Gasteiger partial charge in [-0.2, -0.15) is 0 Å². The molecule has 1 aliphatic carbocycles. The topological polar surface area (TPSA) is 12.0 Å². The van der Waals surface area contributed by atoms with Crippen LogP contribution >= 0.6 is 11.6 Å². The second-order valence-electron chi connectivity index (χ2n) is 4.95. The van der Waals surface area contributed by atoms with Crippen molar-refractivity contribution in [3.8, 4) is 0 Å². The molecule has 18 heavy (non-hydrogen) atoms. The van der Waals surface area contributed by atoms with E-state index in [0.717, 1.165) is 23.6 Å². The van der Waals surface area contributed by atoms with Gasteiger partial charge in [-0.15, -0.1) is 0 Å². The number of nitrogens with one attached hydrogen (secondary N) is 1. The summed E-state index contributed by atoms with van der Waals surface area (Å²) in [6.07, 6.45) is 2.17. The molecule has 0 saturated heterocycles. The minimum atomic E-state index is 0.459. The SMILES string of the molecule is Cc1cccc(Cl)c1NC1Cc2ccccc2C1. The average Bonchev–Trinajstić information content (AvgIpc) is 2.76. The van der Waals surface area contributed by atoms with Crippen LogP contribution in [0.1, 0.15) is 16.7 Å². The van der Waals surface area contributed by atoms with E-state index in [9.17, 15) is 0 Å². The van der Waals surface area contributed by atoms with Crippen molar-refractivity contribution in [1.82, 2.24) is 0 Å². The molecule has 0 aromatic heterocycles. The van der Waals surface area contributed by atoms with Gasteiger partial charge < -0.3 is 5.32 Å². The van der Waals surface area contributed by atoms with Crippen LogP contribution in [0, 0.1) is 6.92 Å². The average molecular weight is 258 g/mol. The molecule has 2 aromatic carbocycles. The van der Waals surface area contributed by atoms with E-state index in [1.54, 1.807) is 0 Å². The number of anilines is 1. The quantitative estimate of drug-likeness (QED) is 0.849. The van der Waals surface area contributed by atoms with Crippen LogP contribution in [0.15, 0.2) is 42.5 Å². The van der Waals surface area contributed by atoms with E-state index in [2.05, 4.69) is 42.6 Å². The minimum absolute atomic E-state index is 0.459. The molecule has 1 nitrogen and oxygen atoms in total. The molecule has 2 heteroatoms. The molecule has 0 aliphatic heterocycles. The lowest BCUT2D eigenvalue weighted by molar-refractivity contribution is 0.773. The molecule has 0 bridgehead atoms. The maximum absolute atomic E-state index is 6.26. The molecule has 0 unspecified atom stereocenters. The van der Waals surface area contributed by atoms with Crippen LogP contribution in [0.25, 0.3) is 0 Å². The highest BCUT2D eigenvalue weighted by Crippen LogP contribution is 2.30. The number of rotatable bonds is 2. The maximum atomic E-state index is 6.26. The van der Waals surface area contributed by atoms with Crippen LogP contribution in [0.3, 0.4) is 0 Å². The summed E-state index contributed by atoms with van der Waals surface area (Å²) in [5.41, 5.74) is 5.20. The maximum Gasteiger partial charge on any atom is 0.0640 e. The van der Waals surface area contributed by atoms with E-state index in [1.807, 2.05) is 12.1 Å². The number of aryl methyl sites for hydroxylation is 1. The largest absolute Gasteiger partial charge is 0.380 e. The summed E-state index contributed by atoms with van der Waals surface area (Å²) in [6.45, 7) is 2.09. The summed E-state index contributed by atoms with van der Waals surface area (Å²) in [5.74, 6) is 0. The zero-order chi connectivity index (χ0) is 12.5. The van der Waals surface area contributed by atoms with Crippen molar-refractivity contribution in [2.24, 2.45) is 0 Å². The summed E-state index contributed by atoms with van der Waals surface area (Å²) in [7, 11) is 0. The standard InChI is InChI=1S/C16H16ClN/c1-11-5-4-8-15(17)16(11)18-14-9-12-6-2-3-7-13(12)10-14/h2-8,14,18H,9-10H2,1H3. The van der Waals surface area contributed by atoms with Gasteiger partial charge in [0.15, 0.2) is 0 Å². The van der Waals surface area contributed by atoms with E-state index in [1.165, 1.54) is 16.7 Å². The van der Waals surface area contributed by atoms with Gasteiger partial charge in [-0.3, -0.25) is 0 Å². The molecule has 0 fully saturated rings. The van der Waals surface area contributed by atoms with Crippen LogP contribution in [0.4, 0.5) is 5.69 Å². The van der Waals surface area contributed by atoms with Gasteiger partial charge in [0, 0.05) is 6.04 Å². The molecular weight excluding hydrogens is 242 g/mol. The molecule has 0 saturated carbocycles. The van der Waals surface area contributed by atoms with Crippen molar-refractivity contribution in [3.63, 3.8) is 0 Å². The van der Waals surface area contributed by atoms with Gasteiger partial charge in [0.05, 0.1) is 10.7 Å². The molecule has 0 atom stereocenters. The fourth-order valence-electron chi connectivity index (χ4n) is 2.68. The van der Waals surface area contributed by atoms with Gasteiger partial charge in [-0.25, -0.2) is 0 Å². The van der Waals surface area contributed by atoms with Gasteiger partial charge in [0.2, 0.25) is 0 Å². The van der Waals surface area contributed by atoms with Crippen molar-refractivity contribution in [1.29, 1.82) is 0 Å². The molecule has 0 radical (unpaired) electrons. The molecule has 92 valence electrons. The first-order chi connectivity index (χ1) is 8.74. The minimum Gasteiger partial charge on any atom is -0.380 e. The molecule has 0 heterocycles. The van der Waals surface area contributed by atoms with Crippen molar-refractivity contribution in [3.05, 3.63) is 64.2 Å². The Labute approximate surface area is 113 Å². The predicted molar refractivity (Wildman–Crippen MR) is 77.4 cm³/mol.